The Labute approximate surface area is 269 Å². The maximum atomic E-state index is 14.2. The first-order valence-electron chi connectivity index (χ1n) is 16.1. The summed E-state index contributed by atoms with van der Waals surface area (Å²) in [6.07, 6.45) is 0.995. The van der Waals surface area contributed by atoms with Crippen LogP contribution in [0.5, 0.6) is 0 Å². The van der Waals surface area contributed by atoms with Crippen LogP contribution in [0.15, 0.2) is 60.7 Å². The number of amides is 2. The quantitative estimate of drug-likeness (QED) is 0.195. The Hall–Kier alpha value is -3.98. The molecule has 3 aromatic rings. The largest absolute Gasteiger partial charge is 0.392 e. The highest BCUT2D eigenvalue weighted by molar-refractivity contribution is 6.01. The first kappa shape index (κ1) is 34.9. The molecule has 3 aromatic carbocycles. The van der Waals surface area contributed by atoms with Gasteiger partial charge in [-0.25, -0.2) is 13.2 Å². The van der Waals surface area contributed by atoms with Gasteiger partial charge in [-0.15, -0.1) is 0 Å². The van der Waals surface area contributed by atoms with Gasteiger partial charge in [0.1, 0.15) is 17.5 Å². The van der Waals surface area contributed by atoms with Gasteiger partial charge < -0.3 is 14.9 Å². The number of aliphatic hydroxyl groups excluding tert-OH is 1. The molecule has 4 rings (SSSR count). The molecule has 0 radical (unpaired) electrons. The first-order valence-corrected chi connectivity index (χ1v) is 16.1. The lowest BCUT2D eigenvalue weighted by molar-refractivity contribution is -0.145. The van der Waals surface area contributed by atoms with E-state index >= 15 is 0 Å². The lowest BCUT2D eigenvalue weighted by atomic mass is 9.79. The third kappa shape index (κ3) is 9.06. The second-order valence-electron chi connectivity index (χ2n) is 12.4. The molecule has 6 nitrogen and oxygen atoms in total. The van der Waals surface area contributed by atoms with Gasteiger partial charge in [0.05, 0.1) is 12.0 Å². The van der Waals surface area contributed by atoms with Crippen molar-refractivity contribution in [2.75, 3.05) is 19.6 Å². The van der Waals surface area contributed by atoms with Crippen molar-refractivity contribution in [1.82, 2.24) is 9.80 Å². The minimum Gasteiger partial charge on any atom is -0.392 e. The number of ketones is 1. The third-order valence-electron chi connectivity index (χ3n) is 8.52. The fraction of sp³-hybridized carbons (Fsp3) is 0.432. The smallest absolute Gasteiger partial charge is 0.253 e. The molecule has 9 heteroatoms. The molecular weight excluding hydrogens is 593 g/mol. The number of likely N-dealkylation sites (tertiary alicyclic amines) is 1. The third-order valence-corrected chi connectivity index (χ3v) is 8.52. The highest BCUT2D eigenvalue weighted by Crippen LogP contribution is 2.31. The zero-order valence-electron chi connectivity index (χ0n) is 26.8. The van der Waals surface area contributed by atoms with Gasteiger partial charge in [0.25, 0.3) is 5.91 Å². The maximum absolute atomic E-state index is 14.2. The van der Waals surface area contributed by atoms with Gasteiger partial charge in [-0.05, 0) is 104 Å². The molecule has 1 saturated heterocycles. The summed E-state index contributed by atoms with van der Waals surface area (Å²) in [7, 11) is 0. The van der Waals surface area contributed by atoms with E-state index in [0.29, 0.717) is 49.2 Å². The van der Waals surface area contributed by atoms with Crippen molar-refractivity contribution in [3.8, 4) is 0 Å². The van der Waals surface area contributed by atoms with E-state index in [2.05, 4.69) is 0 Å². The number of benzene rings is 3. The summed E-state index contributed by atoms with van der Waals surface area (Å²) in [4.78, 5) is 44.1. The van der Waals surface area contributed by atoms with Gasteiger partial charge >= 0.3 is 0 Å². The van der Waals surface area contributed by atoms with Crippen LogP contribution >= 0.6 is 0 Å². The number of nitrogens with zero attached hydrogens (tertiary/aromatic N) is 2. The van der Waals surface area contributed by atoms with E-state index in [1.807, 2.05) is 13.8 Å². The van der Waals surface area contributed by atoms with Crippen LogP contribution in [0, 0.1) is 36.2 Å². The summed E-state index contributed by atoms with van der Waals surface area (Å²) < 4.78 is 42.1. The van der Waals surface area contributed by atoms with Crippen molar-refractivity contribution in [3.05, 3.63) is 106 Å². The molecule has 1 N–H and O–H groups in total. The molecule has 0 bridgehead atoms. The van der Waals surface area contributed by atoms with Crippen molar-refractivity contribution < 1.29 is 32.7 Å². The molecule has 0 saturated carbocycles. The second kappa shape index (κ2) is 16.0. The molecular formula is C37H43F3N2O4. The van der Waals surface area contributed by atoms with Gasteiger partial charge in [-0.2, -0.15) is 0 Å². The van der Waals surface area contributed by atoms with Crippen LogP contribution in [0.1, 0.15) is 83.4 Å². The van der Waals surface area contributed by atoms with E-state index < -0.39 is 35.4 Å². The number of hydrogen-bond donors (Lipinski definition) is 1. The van der Waals surface area contributed by atoms with Crippen molar-refractivity contribution in [3.63, 3.8) is 0 Å². The Morgan fingerprint density at radius 3 is 2.22 bits per heavy atom. The summed E-state index contributed by atoms with van der Waals surface area (Å²) >= 11 is 0. The standard InChI is InChI=1S/C37H43F3N2O4/c1-4-11-41(12-5-2)36(45)29-15-24(3)14-27(20-29)34(43)21-28(16-26-18-31(39)22-32(40)19-26)35(44)33-10-7-13-42(37(33)46)23-25-8-6-9-30(38)17-25/h6,8-9,14-15,17-20,22,28,33,35,44H,4-5,7,10-13,16,21,23H2,1-3H3/t28-,33+,35-/m1/s1. The fourth-order valence-corrected chi connectivity index (χ4v) is 6.43. The second-order valence-corrected chi connectivity index (χ2v) is 12.4. The molecule has 46 heavy (non-hydrogen) atoms. The van der Waals surface area contributed by atoms with Gasteiger partial charge in [-0.1, -0.05) is 26.0 Å². The van der Waals surface area contributed by atoms with Gasteiger partial charge in [0.15, 0.2) is 5.78 Å². The van der Waals surface area contributed by atoms with E-state index in [1.165, 1.54) is 12.1 Å². The Morgan fingerprint density at radius 2 is 1.57 bits per heavy atom. The number of aliphatic hydroxyl groups is 1. The normalized spacial score (nSPS) is 16.3. The van der Waals surface area contributed by atoms with Crippen LogP contribution in [-0.2, 0) is 17.8 Å². The predicted molar refractivity (Wildman–Crippen MR) is 171 cm³/mol. The van der Waals surface area contributed by atoms with Crippen molar-refractivity contribution >= 4 is 17.6 Å². The van der Waals surface area contributed by atoms with Crippen molar-refractivity contribution in [2.45, 2.75) is 71.9 Å². The average molecular weight is 637 g/mol. The number of Topliss-reactive ketones (excluding diaryl/α,β-unsaturated/α-hetero) is 1. The minimum atomic E-state index is -1.30. The van der Waals surface area contributed by atoms with Crippen molar-refractivity contribution in [2.24, 2.45) is 11.8 Å². The molecule has 1 aliphatic rings. The number of halogens is 3. The van der Waals surface area contributed by atoms with E-state index in [-0.39, 0.29) is 42.5 Å². The number of carbonyl (C=O) groups excluding carboxylic acids is 3. The van der Waals surface area contributed by atoms with Crippen LogP contribution in [0.3, 0.4) is 0 Å². The Kier molecular flexibility index (Phi) is 12.2. The average Bonchev–Trinajstić information content (AvgIpc) is 3.00. The molecule has 1 aliphatic heterocycles. The summed E-state index contributed by atoms with van der Waals surface area (Å²) in [6.45, 7) is 7.58. The predicted octanol–water partition coefficient (Wildman–Crippen LogP) is 6.91. The van der Waals surface area contributed by atoms with Gasteiger partial charge in [-0.3, -0.25) is 14.4 Å². The number of rotatable bonds is 14. The summed E-state index contributed by atoms with van der Waals surface area (Å²) in [5, 5.41) is 11.7. The van der Waals surface area contributed by atoms with Crippen LogP contribution in [-0.4, -0.2) is 58.2 Å². The van der Waals surface area contributed by atoms with E-state index in [9.17, 15) is 32.7 Å². The molecule has 0 spiro atoms. The zero-order valence-corrected chi connectivity index (χ0v) is 26.8. The fourth-order valence-electron chi connectivity index (χ4n) is 6.43. The monoisotopic (exact) mass is 636 g/mol. The molecule has 1 fully saturated rings. The number of carbonyl (C=O) groups is 3. The Bertz CT molecular complexity index is 1520. The summed E-state index contributed by atoms with van der Waals surface area (Å²) in [6, 6.07) is 14.0. The van der Waals surface area contributed by atoms with E-state index in [0.717, 1.165) is 36.6 Å². The highest BCUT2D eigenvalue weighted by atomic mass is 19.1. The zero-order chi connectivity index (χ0) is 33.4. The molecule has 0 aromatic heterocycles. The highest BCUT2D eigenvalue weighted by Gasteiger charge is 2.38. The Morgan fingerprint density at radius 1 is 0.913 bits per heavy atom. The van der Waals surface area contributed by atoms with Gasteiger partial charge in [0, 0.05) is 49.8 Å². The topological polar surface area (TPSA) is 77.9 Å². The van der Waals surface area contributed by atoms with Crippen molar-refractivity contribution in [1.29, 1.82) is 0 Å². The molecule has 2 amide bonds. The van der Waals surface area contributed by atoms with Crippen LogP contribution < -0.4 is 0 Å². The lowest BCUT2D eigenvalue weighted by Crippen LogP contribution is -2.47. The summed E-state index contributed by atoms with van der Waals surface area (Å²) in [5.41, 5.74) is 2.28. The maximum Gasteiger partial charge on any atom is 0.253 e. The van der Waals surface area contributed by atoms with Crippen LogP contribution in [0.2, 0.25) is 0 Å². The van der Waals surface area contributed by atoms with Crippen LogP contribution in [0.25, 0.3) is 0 Å². The number of hydrogen-bond acceptors (Lipinski definition) is 4. The number of aryl methyl sites for hydroxylation is 1. The van der Waals surface area contributed by atoms with Crippen LogP contribution in [0.4, 0.5) is 13.2 Å². The summed E-state index contributed by atoms with van der Waals surface area (Å²) in [5.74, 6) is -4.52. The molecule has 0 unspecified atom stereocenters. The Balaban J connectivity index is 1.61. The van der Waals surface area contributed by atoms with Gasteiger partial charge in [0.2, 0.25) is 5.91 Å². The molecule has 1 heterocycles. The molecule has 3 atom stereocenters. The van der Waals surface area contributed by atoms with E-state index in [4.69, 9.17) is 0 Å². The lowest BCUT2D eigenvalue weighted by Gasteiger charge is -2.37. The molecule has 0 aliphatic carbocycles. The molecule has 246 valence electrons. The van der Waals surface area contributed by atoms with E-state index in [1.54, 1.807) is 47.1 Å². The minimum absolute atomic E-state index is 0.0480. The first-order chi connectivity index (χ1) is 22.0. The number of piperidine rings is 1. The SMILES string of the molecule is CCCN(CCC)C(=O)c1cc(C)cc(C(=O)C[C@@H](Cc2cc(F)cc(F)c2)[C@@H](O)[C@@H]2CCCN(Cc3cccc(F)c3)C2=O)c1.